The van der Waals surface area contributed by atoms with Gasteiger partial charge in [-0.15, -0.1) is 0 Å². The van der Waals surface area contributed by atoms with Gasteiger partial charge in [0.1, 0.15) is 0 Å². The van der Waals surface area contributed by atoms with Gasteiger partial charge >= 0.3 is 0 Å². The van der Waals surface area contributed by atoms with Crippen molar-refractivity contribution in [1.82, 2.24) is 10.2 Å². The Balaban J connectivity index is 0.000000239. The van der Waals surface area contributed by atoms with Crippen molar-refractivity contribution in [3.05, 3.63) is 71.3 Å². The van der Waals surface area contributed by atoms with Crippen LogP contribution in [-0.4, -0.2) is 66.8 Å². The van der Waals surface area contributed by atoms with Gasteiger partial charge in [0.2, 0.25) is 16.6 Å². The Morgan fingerprint density at radius 2 is 1.53 bits per heavy atom. The van der Waals surface area contributed by atoms with Gasteiger partial charge in [0, 0.05) is 42.9 Å². The van der Waals surface area contributed by atoms with Crippen molar-refractivity contribution in [3.63, 3.8) is 0 Å². The molecule has 0 aromatic heterocycles. The zero-order valence-corrected chi connectivity index (χ0v) is 17.2. The van der Waals surface area contributed by atoms with Gasteiger partial charge in [-0.05, 0) is 12.1 Å². The summed E-state index contributed by atoms with van der Waals surface area (Å²) in [6.07, 6.45) is 0. The van der Waals surface area contributed by atoms with Gasteiger partial charge in [0.25, 0.3) is 5.91 Å². The number of ketones is 2. The average Bonchev–Trinajstić information content (AvgIpc) is 2.97. The first-order valence-electron chi connectivity index (χ1n) is 9.72. The molecule has 158 valence electrons. The van der Waals surface area contributed by atoms with Crippen LogP contribution >= 0.6 is 11.6 Å². The van der Waals surface area contributed by atoms with Crippen molar-refractivity contribution in [2.24, 2.45) is 5.73 Å². The zero-order valence-electron chi connectivity index (χ0n) is 16.5. The maximum absolute atomic E-state index is 12.3. The van der Waals surface area contributed by atoms with Crippen LogP contribution in [-0.2, 0) is 4.74 Å². The molecule has 4 rings (SSSR count). The number of alkyl halides is 1. The van der Waals surface area contributed by atoms with Gasteiger partial charge in [-0.2, -0.15) is 0 Å². The summed E-state index contributed by atoms with van der Waals surface area (Å²) in [5.41, 5.74) is 6.16. The third-order valence-corrected chi connectivity index (χ3v) is 5.35. The number of morpholine rings is 1. The van der Waals surface area contributed by atoms with Crippen LogP contribution in [0.2, 0.25) is 0 Å². The maximum atomic E-state index is 12.3. The number of halogens is 1. The molecular formula is C22H24ClN3O4. The Hall–Kier alpha value is -2.58. The lowest BCUT2D eigenvalue weighted by Gasteiger charge is -2.25. The Bertz CT molecular complexity index is 876. The fraction of sp³-hybridized carbons (Fsp3) is 0.318. The number of hydrogen-bond donors (Lipinski definition) is 2. The van der Waals surface area contributed by atoms with Crippen LogP contribution in [0.4, 0.5) is 0 Å². The second kappa shape index (κ2) is 9.95. The van der Waals surface area contributed by atoms with Gasteiger partial charge in [-0.3, -0.25) is 19.3 Å². The molecule has 2 aromatic rings. The summed E-state index contributed by atoms with van der Waals surface area (Å²) in [4.78, 5) is 37.1. The number of nitrogens with two attached hydrogens (primary N) is 1. The smallest absolute Gasteiger partial charge is 0.253 e. The number of carbonyl (C=O) groups is 3. The molecule has 2 aromatic carbocycles. The van der Waals surface area contributed by atoms with E-state index in [9.17, 15) is 14.4 Å². The molecule has 0 unspecified atom stereocenters. The average molecular weight is 430 g/mol. The van der Waals surface area contributed by atoms with E-state index in [4.69, 9.17) is 22.1 Å². The van der Waals surface area contributed by atoms with Gasteiger partial charge in [0.15, 0.2) is 0 Å². The summed E-state index contributed by atoms with van der Waals surface area (Å²) in [6, 6.07) is 14.6. The second-order valence-corrected chi connectivity index (χ2v) is 7.49. The topological polar surface area (TPSA) is 102 Å². The third kappa shape index (κ3) is 4.76. The normalized spacial score (nSPS) is 17.7. The fourth-order valence-corrected chi connectivity index (χ4v) is 3.58. The lowest BCUT2D eigenvalue weighted by molar-refractivity contribution is 0.0394. The zero-order chi connectivity index (χ0) is 21.6. The summed E-state index contributed by atoms with van der Waals surface area (Å²) in [5, 5.41) is 2.35. The highest BCUT2D eigenvalue weighted by Gasteiger charge is 2.53. The van der Waals surface area contributed by atoms with E-state index in [0.717, 1.165) is 39.4 Å². The van der Waals surface area contributed by atoms with Crippen molar-refractivity contribution >= 4 is 29.1 Å². The Morgan fingerprint density at radius 3 is 2.07 bits per heavy atom. The van der Waals surface area contributed by atoms with Gasteiger partial charge < -0.3 is 15.8 Å². The van der Waals surface area contributed by atoms with Crippen LogP contribution in [0.25, 0.3) is 0 Å². The quantitative estimate of drug-likeness (QED) is 0.436. The molecule has 0 bridgehead atoms. The number of rotatable bonds is 4. The standard InChI is InChI=1S/C16H10ClNO3.C6H14N2O/c17-16(18-15(21)10-6-2-1-3-7-10)13(19)11-8-4-5-9-12(11)14(16)20;7-1-2-8-3-5-9-6-4-8/h1-9H,(H,18,21);1-7H2. The number of amides is 1. The van der Waals surface area contributed by atoms with Crippen molar-refractivity contribution in [2.75, 3.05) is 39.4 Å². The highest BCUT2D eigenvalue weighted by Crippen LogP contribution is 2.33. The molecule has 1 heterocycles. The molecule has 0 spiro atoms. The number of benzene rings is 2. The number of Topliss-reactive ketones (excluding diaryl/α,β-unsaturated/α-hetero) is 2. The highest BCUT2D eigenvalue weighted by molar-refractivity contribution is 6.55. The molecule has 1 aliphatic carbocycles. The van der Waals surface area contributed by atoms with Gasteiger partial charge in [0.05, 0.1) is 13.2 Å². The molecule has 7 nitrogen and oxygen atoms in total. The van der Waals surface area contributed by atoms with E-state index < -0.39 is 22.5 Å². The van der Waals surface area contributed by atoms with E-state index in [0.29, 0.717) is 5.56 Å². The maximum Gasteiger partial charge on any atom is 0.253 e. The second-order valence-electron chi connectivity index (χ2n) is 6.93. The minimum Gasteiger partial charge on any atom is -0.379 e. The first kappa shape index (κ1) is 22.1. The van der Waals surface area contributed by atoms with E-state index in [2.05, 4.69) is 10.2 Å². The predicted molar refractivity (Wildman–Crippen MR) is 114 cm³/mol. The molecule has 2 aliphatic rings. The summed E-state index contributed by atoms with van der Waals surface area (Å²) < 4.78 is 5.16. The molecule has 1 fully saturated rings. The number of fused-ring (bicyclic) bond motifs is 1. The molecule has 0 radical (unpaired) electrons. The lowest BCUT2D eigenvalue weighted by Crippen LogP contribution is -2.52. The molecule has 8 heteroatoms. The molecule has 1 amide bonds. The van der Waals surface area contributed by atoms with Crippen LogP contribution in [0.5, 0.6) is 0 Å². The number of carbonyl (C=O) groups excluding carboxylic acids is 3. The molecule has 0 atom stereocenters. The minimum atomic E-state index is -2.06. The first-order valence-corrected chi connectivity index (χ1v) is 10.1. The monoisotopic (exact) mass is 429 g/mol. The Morgan fingerprint density at radius 1 is 1.00 bits per heavy atom. The van der Waals surface area contributed by atoms with Crippen LogP contribution < -0.4 is 11.1 Å². The molecule has 30 heavy (non-hydrogen) atoms. The van der Waals surface area contributed by atoms with Crippen molar-refractivity contribution in [3.8, 4) is 0 Å². The number of ether oxygens (including phenoxy) is 1. The number of hydrogen-bond acceptors (Lipinski definition) is 6. The van der Waals surface area contributed by atoms with Crippen LogP contribution in [0.3, 0.4) is 0 Å². The van der Waals surface area contributed by atoms with Crippen LogP contribution in [0.15, 0.2) is 54.6 Å². The fourth-order valence-electron chi connectivity index (χ4n) is 3.29. The van der Waals surface area contributed by atoms with E-state index in [-0.39, 0.29) is 11.1 Å². The van der Waals surface area contributed by atoms with Crippen molar-refractivity contribution in [1.29, 1.82) is 0 Å². The first-order chi connectivity index (χ1) is 14.5. The van der Waals surface area contributed by atoms with E-state index >= 15 is 0 Å². The predicted octanol–water partition coefficient (Wildman–Crippen LogP) is 1.71. The Labute approximate surface area is 180 Å². The molecule has 1 saturated heterocycles. The van der Waals surface area contributed by atoms with Crippen LogP contribution in [0, 0.1) is 0 Å². The van der Waals surface area contributed by atoms with E-state index in [1.165, 1.54) is 12.1 Å². The molecule has 1 aliphatic heterocycles. The summed E-state index contributed by atoms with van der Waals surface area (Å²) >= 11 is 6.15. The minimum absolute atomic E-state index is 0.228. The SMILES string of the molecule is NCCN1CCOCC1.O=C(NC1(Cl)C(=O)c2ccccc2C1=O)c1ccccc1. The summed E-state index contributed by atoms with van der Waals surface area (Å²) in [7, 11) is 0. The number of nitrogens with one attached hydrogen (secondary N) is 1. The third-order valence-electron chi connectivity index (χ3n) is 4.91. The van der Waals surface area contributed by atoms with Gasteiger partial charge in [-0.25, -0.2) is 0 Å². The van der Waals surface area contributed by atoms with Crippen LogP contribution in [0.1, 0.15) is 31.1 Å². The molecule has 3 N–H and O–H groups in total. The number of nitrogens with zero attached hydrogens (tertiary/aromatic N) is 1. The van der Waals surface area contributed by atoms with Crippen molar-refractivity contribution in [2.45, 2.75) is 5.00 Å². The largest absolute Gasteiger partial charge is 0.379 e. The van der Waals surface area contributed by atoms with Gasteiger partial charge in [-0.1, -0.05) is 54.1 Å². The van der Waals surface area contributed by atoms with E-state index in [1.807, 2.05) is 0 Å². The highest BCUT2D eigenvalue weighted by atomic mass is 35.5. The Kier molecular flexibility index (Phi) is 7.33. The summed E-state index contributed by atoms with van der Waals surface area (Å²) in [6.45, 7) is 5.64. The molecular weight excluding hydrogens is 406 g/mol. The van der Waals surface area contributed by atoms with E-state index in [1.54, 1.807) is 42.5 Å². The lowest BCUT2D eigenvalue weighted by atomic mass is 10.1. The summed E-state index contributed by atoms with van der Waals surface area (Å²) in [5.74, 6) is -1.77. The molecule has 0 saturated carbocycles. The van der Waals surface area contributed by atoms with Crippen molar-refractivity contribution < 1.29 is 19.1 Å².